The summed E-state index contributed by atoms with van der Waals surface area (Å²) in [6.07, 6.45) is 4.79. The molecule has 1 aliphatic carbocycles. The van der Waals surface area contributed by atoms with Crippen LogP contribution < -0.4 is 16.6 Å². The minimum atomic E-state index is 0.379. The maximum Gasteiger partial charge on any atom is 0.210 e. The van der Waals surface area contributed by atoms with E-state index in [1.165, 1.54) is 12.8 Å². The number of hydrazine groups is 1. The van der Waals surface area contributed by atoms with Crippen molar-refractivity contribution in [1.29, 1.82) is 0 Å². The molecule has 0 spiro atoms. The molecular formula is C13H19ClN4. The molecule has 0 heterocycles. The lowest BCUT2D eigenvalue weighted by molar-refractivity contribution is 0.700. The van der Waals surface area contributed by atoms with E-state index in [2.05, 4.69) is 15.7 Å². The molecule has 0 amide bonds. The number of benzene rings is 1. The summed E-state index contributed by atoms with van der Waals surface area (Å²) in [6.45, 7) is 1.97. The zero-order valence-corrected chi connectivity index (χ0v) is 11.3. The first-order chi connectivity index (χ1) is 8.69. The fraction of sp³-hybridized carbons (Fsp3) is 0.462. The Kier molecular flexibility index (Phi) is 4.44. The van der Waals surface area contributed by atoms with Crippen LogP contribution >= 0.6 is 11.6 Å². The maximum atomic E-state index is 6.08. The minimum absolute atomic E-state index is 0.379. The number of hydrogen-bond acceptors (Lipinski definition) is 2. The monoisotopic (exact) mass is 266 g/mol. The Labute approximate surface area is 113 Å². The number of nitrogens with two attached hydrogens (primary N) is 1. The van der Waals surface area contributed by atoms with Gasteiger partial charge in [0.25, 0.3) is 0 Å². The smallest absolute Gasteiger partial charge is 0.210 e. The Bertz CT molecular complexity index is 439. The normalized spacial score (nSPS) is 16.9. The van der Waals surface area contributed by atoms with E-state index in [9.17, 15) is 0 Å². The molecule has 1 aliphatic rings. The van der Waals surface area contributed by atoms with Gasteiger partial charge in [0.2, 0.25) is 5.96 Å². The summed E-state index contributed by atoms with van der Waals surface area (Å²) < 4.78 is 0. The third-order valence-corrected chi connectivity index (χ3v) is 3.61. The Hall–Kier alpha value is -1.26. The second-order valence-corrected chi connectivity index (χ2v) is 5.06. The van der Waals surface area contributed by atoms with Crippen LogP contribution in [0.5, 0.6) is 0 Å². The van der Waals surface area contributed by atoms with Crippen molar-refractivity contribution in [2.24, 2.45) is 10.8 Å². The van der Waals surface area contributed by atoms with E-state index in [0.29, 0.717) is 12.0 Å². The van der Waals surface area contributed by atoms with Gasteiger partial charge >= 0.3 is 0 Å². The van der Waals surface area contributed by atoms with Gasteiger partial charge in [-0.2, -0.15) is 0 Å². The topological polar surface area (TPSA) is 62.4 Å². The number of halogens is 1. The Balaban J connectivity index is 2.07. The third-order valence-electron chi connectivity index (χ3n) is 3.21. The van der Waals surface area contributed by atoms with Crippen LogP contribution in [0.25, 0.3) is 0 Å². The van der Waals surface area contributed by atoms with Gasteiger partial charge in [0.1, 0.15) is 0 Å². The number of hydrogen-bond donors (Lipinski definition) is 3. The van der Waals surface area contributed by atoms with Crippen LogP contribution in [-0.4, -0.2) is 12.0 Å². The molecule has 0 aliphatic heterocycles. The van der Waals surface area contributed by atoms with Gasteiger partial charge in [-0.25, -0.2) is 10.8 Å². The van der Waals surface area contributed by atoms with Crippen molar-refractivity contribution >= 4 is 23.2 Å². The first kappa shape index (κ1) is 13.2. The van der Waals surface area contributed by atoms with E-state index in [1.54, 1.807) is 0 Å². The van der Waals surface area contributed by atoms with Gasteiger partial charge in [0.15, 0.2) is 0 Å². The molecule has 5 heteroatoms. The van der Waals surface area contributed by atoms with Crippen LogP contribution in [0.1, 0.15) is 31.2 Å². The molecule has 1 saturated carbocycles. The van der Waals surface area contributed by atoms with Crippen LogP contribution in [-0.2, 0) is 0 Å². The molecule has 0 unspecified atom stereocenters. The van der Waals surface area contributed by atoms with Crippen LogP contribution in [0, 0.1) is 6.92 Å². The Morgan fingerprint density at radius 2 is 2.11 bits per heavy atom. The Morgan fingerprint density at radius 1 is 1.39 bits per heavy atom. The van der Waals surface area contributed by atoms with E-state index < -0.39 is 0 Å². The van der Waals surface area contributed by atoms with Crippen molar-refractivity contribution in [3.63, 3.8) is 0 Å². The fourth-order valence-corrected chi connectivity index (χ4v) is 2.31. The highest BCUT2D eigenvalue weighted by Gasteiger charge is 2.14. The molecule has 0 atom stereocenters. The highest BCUT2D eigenvalue weighted by Crippen LogP contribution is 2.22. The summed E-state index contributed by atoms with van der Waals surface area (Å²) in [5.41, 5.74) is 4.55. The number of nitrogens with zero attached hydrogens (tertiary/aromatic N) is 1. The molecule has 1 fully saturated rings. The first-order valence-corrected chi connectivity index (χ1v) is 6.64. The molecule has 1 aromatic carbocycles. The summed E-state index contributed by atoms with van der Waals surface area (Å²) in [4.78, 5) is 4.57. The number of aliphatic imine (C=N–C) groups is 1. The molecular weight excluding hydrogens is 248 g/mol. The SMILES string of the molecule is Cc1ccc(NC(=NC2CCCC2)NN)cc1Cl. The molecule has 0 bridgehead atoms. The second-order valence-electron chi connectivity index (χ2n) is 4.65. The van der Waals surface area contributed by atoms with Crippen molar-refractivity contribution in [2.45, 2.75) is 38.6 Å². The summed E-state index contributed by atoms with van der Waals surface area (Å²) in [5.74, 6) is 6.09. The van der Waals surface area contributed by atoms with Crippen molar-refractivity contribution < 1.29 is 0 Å². The largest absolute Gasteiger partial charge is 0.325 e. The zero-order chi connectivity index (χ0) is 13.0. The summed E-state index contributed by atoms with van der Waals surface area (Å²) in [7, 11) is 0. The first-order valence-electron chi connectivity index (χ1n) is 6.26. The summed E-state index contributed by atoms with van der Waals surface area (Å²) in [6, 6.07) is 6.18. The fourth-order valence-electron chi connectivity index (χ4n) is 2.13. The van der Waals surface area contributed by atoms with Crippen LogP contribution in [0.15, 0.2) is 23.2 Å². The summed E-state index contributed by atoms with van der Waals surface area (Å²) >= 11 is 6.08. The predicted molar refractivity (Wildman–Crippen MR) is 76.8 cm³/mol. The lowest BCUT2D eigenvalue weighted by atomic mass is 10.2. The molecule has 4 N–H and O–H groups in total. The lowest BCUT2D eigenvalue weighted by Gasteiger charge is -2.12. The molecule has 0 saturated heterocycles. The number of nitrogens with one attached hydrogen (secondary N) is 2. The van der Waals surface area contributed by atoms with Crippen molar-refractivity contribution in [1.82, 2.24) is 5.43 Å². The third kappa shape index (κ3) is 3.37. The van der Waals surface area contributed by atoms with E-state index in [1.807, 2.05) is 25.1 Å². The molecule has 18 heavy (non-hydrogen) atoms. The van der Waals surface area contributed by atoms with E-state index >= 15 is 0 Å². The Morgan fingerprint density at radius 3 is 2.72 bits per heavy atom. The van der Waals surface area contributed by atoms with E-state index in [-0.39, 0.29) is 0 Å². The van der Waals surface area contributed by atoms with Crippen LogP contribution in [0.2, 0.25) is 5.02 Å². The highest BCUT2D eigenvalue weighted by atomic mass is 35.5. The minimum Gasteiger partial charge on any atom is -0.325 e. The number of rotatable bonds is 2. The summed E-state index contributed by atoms with van der Waals surface area (Å²) in [5, 5.41) is 3.89. The number of aryl methyl sites for hydroxylation is 1. The molecule has 1 aromatic rings. The van der Waals surface area contributed by atoms with E-state index in [4.69, 9.17) is 17.4 Å². The van der Waals surface area contributed by atoms with Crippen LogP contribution in [0.4, 0.5) is 5.69 Å². The van der Waals surface area contributed by atoms with Gasteiger partial charge in [0.05, 0.1) is 6.04 Å². The van der Waals surface area contributed by atoms with Gasteiger partial charge in [-0.3, -0.25) is 5.43 Å². The number of guanidine groups is 1. The van der Waals surface area contributed by atoms with Crippen molar-refractivity contribution in [3.05, 3.63) is 28.8 Å². The molecule has 98 valence electrons. The second kappa shape index (κ2) is 6.07. The standard InChI is InChI=1S/C13H19ClN4/c1-9-6-7-11(8-12(9)14)17-13(18-15)16-10-4-2-3-5-10/h6-8,10H,2-5,15H2,1H3,(H2,16,17,18). The average molecular weight is 267 g/mol. The maximum absolute atomic E-state index is 6.08. The van der Waals surface area contributed by atoms with E-state index in [0.717, 1.165) is 29.1 Å². The average Bonchev–Trinajstić information content (AvgIpc) is 2.86. The van der Waals surface area contributed by atoms with Crippen molar-refractivity contribution in [2.75, 3.05) is 5.32 Å². The van der Waals surface area contributed by atoms with Crippen molar-refractivity contribution in [3.8, 4) is 0 Å². The molecule has 0 radical (unpaired) electrons. The predicted octanol–water partition coefficient (Wildman–Crippen LogP) is 2.82. The zero-order valence-electron chi connectivity index (χ0n) is 10.5. The molecule has 2 rings (SSSR count). The molecule has 4 nitrogen and oxygen atoms in total. The molecule has 0 aromatic heterocycles. The van der Waals surface area contributed by atoms with Gasteiger partial charge in [0, 0.05) is 10.7 Å². The van der Waals surface area contributed by atoms with Gasteiger partial charge in [-0.05, 0) is 37.5 Å². The van der Waals surface area contributed by atoms with Gasteiger partial charge in [-0.1, -0.05) is 30.5 Å². The van der Waals surface area contributed by atoms with Gasteiger partial charge < -0.3 is 5.32 Å². The quantitative estimate of drug-likeness (QED) is 0.334. The highest BCUT2D eigenvalue weighted by molar-refractivity contribution is 6.31. The number of anilines is 1. The van der Waals surface area contributed by atoms with Crippen LogP contribution in [0.3, 0.4) is 0 Å². The van der Waals surface area contributed by atoms with Gasteiger partial charge in [-0.15, -0.1) is 0 Å². The lowest BCUT2D eigenvalue weighted by Crippen LogP contribution is -2.37.